The van der Waals surface area contributed by atoms with Crippen LogP contribution in [0.15, 0.2) is 0 Å². The Balaban J connectivity index is 2.53. The van der Waals surface area contributed by atoms with Crippen molar-refractivity contribution in [2.75, 3.05) is 30.0 Å². The predicted octanol–water partition coefficient (Wildman–Crippen LogP) is -0.0189. The maximum absolute atomic E-state index is 4.21. The topological polar surface area (TPSA) is 76.0 Å². The minimum absolute atomic E-state index is 0.559. The van der Waals surface area contributed by atoms with Crippen LogP contribution in [-0.2, 0) is 0 Å². The van der Waals surface area contributed by atoms with Crippen molar-refractivity contribution < 1.29 is 0 Å². The van der Waals surface area contributed by atoms with Gasteiger partial charge in [0, 0.05) is 14.1 Å². The summed E-state index contributed by atoms with van der Waals surface area (Å²) < 4.78 is 0. The van der Waals surface area contributed by atoms with E-state index in [4.69, 9.17) is 0 Å². The Kier molecular flexibility index (Phi) is 1.73. The number of hydrogen-bond donors (Lipinski definition) is 3. The van der Waals surface area contributed by atoms with Crippen LogP contribution in [0, 0.1) is 0 Å². The molecule has 6 heteroatoms. The fraction of sp³-hybridized carbons (Fsp3) is 0.286. The van der Waals surface area contributed by atoms with Crippen molar-refractivity contribution >= 4 is 29.6 Å². The van der Waals surface area contributed by atoms with Crippen LogP contribution in [0.5, 0.6) is 0 Å². The summed E-state index contributed by atoms with van der Waals surface area (Å²) in [5, 5.41) is 8.80. The molecule has 67 valence electrons. The number of aromatic nitrogens is 2. The third-order valence-corrected chi connectivity index (χ3v) is 1.75. The summed E-state index contributed by atoms with van der Waals surface area (Å²) in [6.07, 6.45) is 1.60. The Labute approximate surface area is 75.5 Å². The Bertz CT molecular complexity index is 358. The molecule has 1 aliphatic heterocycles. The van der Waals surface area contributed by atoms with Gasteiger partial charge in [-0.25, -0.2) is 0 Å². The second-order valence-corrected chi connectivity index (χ2v) is 2.50. The molecule has 1 aromatic heterocycles. The number of nitrogens with zero attached hydrogens (tertiary/aromatic N) is 3. The van der Waals surface area contributed by atoms with E-state index in [1.807, 2.05) is 7.05 Å². The summed E-state index contributed by atoms with van der Waals surface area (Å²) in [6.45, 7) is 0. The SMILES string of the molecule is CNc1nc2c(c(NC)n1)NC=[N+]2. The maximum Gasteiger partial charge on any atom is 0.343 e. The molecule has 1 aliphatic rings. The van der Waals surface area contributed by atoms with Gasteiger partial charge in [0.15, 0.2) is 5.82 Å². The Morgan fingerprint density at radius 3 is 2.85 bits per heavy atom. The summed E-state index contributed by atoms with van der Waals surface area (Å²) in [6, 6.07) is 0. The minimum Gasteiger partial charge on any atom is -0.370 e. The molecule has 1 aromatic rings. The van der Waals surface area contributed by atoms with E-state index in [2.05, 4.69) is 30.9 Å². The van der Waals surface area contributed by atoms with Gasteiger partial charge in [0.25, 0.3) is 0 Å². The molecule has 0 saturated carbocycles. The summed E-state index contributed by atoms with van der Waals surface area (Å²) >= 11 is 0. The van der Waals surface area contributed by atoms with Gasteiger partial charge in [0.2, 0.25) is 12.0 Å². The molecule has 0 fully saturated rings. The van der Waals surface area contributed by atoms with Crippen LogP contribution in [0.2, 0.25) is 0 Å². The maximum atomic E-state index is 4.21. The zero-order valence-corrected chi connectivity index (χ0v) is 7.42. The third kappa shape index (κ3) is 1.16. The molecule has 0 spiro atoms. The highest BCUT2D eigenvalue weighted by atomic mass is 15.2. The lowest BCUT2D eigenvalue weighted by Gasteiger charge is -2.01. The van der Waals surface area contributed by atoms with Crippen LogP contribution in [0.25, 0.3) is 0 Å². The molecule has 0 saturated heterocycles. The lowest BCUT2D eigenvalue weighted by molar-refractivity contribution is 1.13. The van der Waals surface area contributed by atoms with E-state index in [0.717, 1.165) is 11.5 Å². The third-order valence-electron chi connectivity index (χ3n) is 1.75. The summed E-state index contributed by atoms with van der Waals surface area (Å²) in [4.78, 5) is 12.4. The quantitative estimate of drug-likeness (QED) is 0.593. The second kappa shape index (κ2) is 2.89. The van der Waals surface area contributed by atoms with Crippen LogP contribution >= 0.6 is 0 Å². The molecule has 6 nitrogen and oxygen atoms in total. The average Bonchev–Trinajstić information content (AvgIpc) is 2.63. The lowest BCUT2D eigenvalue weighted by Crippen LogP contribution is -2.03. The fourth-order valence-electron chi connectivity index (χ4n) is 1.13. The first-order valence-corrected chi connectivity index (χ1v) is 3.91. The Morgan fingerprint density at radius 1 is 1.31 bits per heavy atom. The highest BCUT2D eigenvalue weighted by Crippen LogP contribution is 2.29. The van der Waals surface area contributed by atoms with E-state index >= 15 is 0 Å². The lowest BCUT2D eigenvalue weighted by atomic mass is 10.4. The van der Waals surface area contributed by atoms with E-state index in [1.54, 1.807) is 13.4 Å². The standard InChI is InChI=1S/C7H10N6/c1-8-5-4-6(11-3-10-4)13-7(9-2)12-5/h3,10H,1-2H3,(H2,8,9,12,13)/q+1. The van der Waals surface area contributed by atoms with Gasteiger partial charge in [-0.15, -0.1) is 0 Å². The molecule has 0 aliphatic carbocycles. The average molecular weight is 178 g/mol. The normalized spacial score (nSPS) is 12.2. The molecule has 0 unspecified atom stereocenters. The van der Waals surface area contributed by atoms with Crippen LogP contribution in [0.3, 0.4) is 0 Å². The first kappa shape index (κ1) is 7.78. The number of hydrogen-bond acceptors (Lipinski definition) is 6. The van der Waals surface area contributed by atoms with Gasteiger partial charge in [-0.1, -0.05) is 9.98 Å². The summed E-state index contributed by atoms with van der Waals surface area (Å²) in [7, 11) is 3.58. The van der Waals surface area contributed by atoms with Crippen LogP contribution in [0.1, 0.15) is 0 Å². The monoisotopic (exact) mass is 178 g/mol. The molecule has 2 heterocycles. The van der Waals surface area contributed by atoms with Gasteiger partial charge in [-0.05, 0) is 0 Å². The summed E-state index contributed by atoms with van der Waals surface area (Å²) in [5.41, 5.74) is 0.821. The Morgan fingerprint density at radius 2 is 2.15 bits per heavy atom. The van der Waals surface area contributed by atoms with Gasteiger partial charge in [0.05, 0.1) is 0 Å². The molecule has 0 atom stereocenters. The van der Waals surface area contributed by atoms with Gasteiger partial charge in [-0.3, -0.25) is 5.32 Å². The molecule has 0 bridgehead atoms. The van der Waals surface area contributed by atoms with Crippen molar-refractivity contribution in [2.45, 2.75) is 0 Å². The Hall–Kier alpha value is -1.85. The zero-order valence-electron chi connectivity index (χ0n) is 7.42. The largest absolute Gasteiger partial charge is 0.370 e. The second-order valence-electron chi connectivity index (χ2n) is 2.50. The van der Waals surface area contributed by atoms with Crippen LogP contribution in [-0.4, -0.2) is 30.4 Å². The molecule has 13 heavy (non-hydrogen) atoms. The van der Waals surface area contributed by atoms with Crippen molar-refractivity contribution in [3.05, 3.63) is 0 Å². The van der Waals surface area contributed by atoms with Gasteiger partial charge < -0.3 is 10.6 Å². The molecule has 2 rings (SSSR count). The highest BCUT2D eigenvalue weighted by molar-refractivity contribution is 5.93. The van der Waals surface area contributed by atoms with E-state index in [-0.39, 0.29) is 0 Å². The molecule has 0 aromatic carbocycles. The first-order valence-electron chi connectivity index (χ1n) is 3.91. The van der Waals surface area contributed by atoms with Gasteiger partial charge >= 0.3 is 11.8 Å². The molecule has 3 N–H and O–H groups in total. The fourth-order valence-corrected chi connectivity index (χ4v) is 1.13. The van der Waals surface area contributed by atoms with Crippen molar-refractivity contribution in [3.63, 3.8) is 0 Å². The number of rotatable bonds is 2. The molecule has 1 radical (unpaired) electrons. The van der Waals surface area contributed by atoms with E-state index in [0.29, 0.717) is 11.8 Å². The highest BCUT2D eigenvalue weighted by Gasteiger charge is 2.24. The van der Waals surface area contributed by atoms with Crippen LogP contribution < -0.4 is 20.9 Å². The predicted molar refractivity (Wildman–Crippen MR) is 52.6 cm³/mol. The number of anilines is 3. The van der Waals surface area contributed by atoms with E-state index in [1.165, 1.54) is 0 Å². The molecular formula is C7H10N6+. The van der Waals surface area contributed by atoms with Gasteiger partial charge in [0.1, 0.15) is 0 Å². The zero-order chi connectivity index (χ0) is 9.26. The minimum atomic E-state index is 0.559. The van der Waals surface area contributed by atoms with Crippen molar-refractivity contribution in [1.82, 2.24) is 15.0 Å². The smallest absolute Gasteiger partial charge is 0.343 e. The number of aliphatic imine (C=N–C) groups is 1. The van der Waals surface area contributed by atoms with Crippen molar-refractivity contribution in [2.24, 2.45) is 0 Å². The van der Waals surface area contributed by atoms with E-state index in [9.17, 15) is 0 Å². The molecular weight excluding hydrogens is 168 g/mol. The first-order chi connectivity index (χ1) is 6.35. The van der Waals surface area contributed by atoms with Crippen LogP contribution in [0.4, 0.5) is 23.3 Å². The number of fused-ring (bicyclic) bond motifs is 1. The summed E-state index contributed by atoms with van der Waals surface area (Å²) in [5.74, 6) is 1.96. The van der Waals surface area contributed by atoms with Gasteiger partial charge in [-0.2, -0.15) is 4.98 Å². The van der Waals surface area contributed by atoms with E-state index < -0.39 is 0 Å². The van der Waals surface area contributed by atoms with Crippen molar-refractivity contribution in [3.8, 4) is 0 Å². The molecule has 0 amide bonds. The number of nitrogens with one attached hydrogen (secondary N) is 3. The van der Waals surface area contributed by atoms with Crippen molar-refractivity contribution in [1.29, 1.82) is 0 Å².